The maximum Gasteiger partial charge on any atom is 0.185 e. The molecule has 0 aliphatic heterocycles. The molecule has 0 fully saturated rings. The zero-order valence-electron chi connectivity index (χ0n) is 11.0. The predicted octanol–water partition coefficient (Wildman–Crippen LogP) is 4.45. The number of ketones is 1. The molecule has 1 aromatic heterocycles. The first kappa shape index (κ1) is 13.7. The fraction of sp³-hybridized carbons (Fsp3) is 0.0588. The molecular weight excluding hydrogens is 289 g/mol. The third kappa shape index (κ3) is 2.78. The maximum absolute atomic E-state index is 13.7. The summed E-state index contributed by atoms with van der Waals surface area (Å²) in [7, 11) is 0. The Labute approximate surface area is 126 Å². The van der Waals surface area contributed by atoms with Gasteiger partial charge in [-0.25, -0.2) is 9.37 Å². The average Bonchev–Trinajstić information content (AvgIpc) is 2.50. The molecule has 0 aliphatic rings. The number of fused-ring (bicyclic) bond motifs is 1. The number of nitrogens with zero attached hydrogens (tertiary/aromatic N) is 1. The number of halogens is 2. The zero-order valence-corrected chi connectivity index (χ0v) is 11.8. The topological polar surface area (TPSA) is 30.0 Å². The lowest BCUT2D eigenvalue weighted by molar-refractivity contribution is 0.0987. The van der Waals surface area contributed by atoms with E-state index in [1.165, 1.54) is 12.1 Å². The standard InChI is InChI=1S/C17H11ClFNO/c18-13-5-3-6-14(19)12(13)10-17(21)16-9-8-11-4-1-2-7-15(11)20-16/h1-9H,10H2. The van der Waals surface area contributed by atoms with Crippen LogP contribution in [-0.4, -0.2) is 10.8 Å². The van der Waals surface area contributed by atoms with Crippen molar-refractivity contribution in [3.8, 4) is 0 Å². The number of benzene rings is 2. The van der Waals surface area contributed by atoms with Crippen LogP contribution in [0.2, 0.25) is 5.02 Å². The molecule has 0 aliphatic carbocycles. The molecule has 0 atom stereocenters. The first-order valence-corrected chi connectivity index (χ1v) is 6.85. The van der Waals surface area contributed by atoms with Crippen molar-refractivity contribution in [3.05, 3.63) is 76.7 Å². The Bertz CT molecular complexity index is 812. The summed E-state index contributed by atoms with van der Waals surface area (Å²) in [5, 5.41) is 1.21. The monoisotopic (exact) mass is 299 g/mol. The van der Waals surface area contributed by atoms with E-state index < -0.39 is 5.82 Å². The van der Waals surface area contributed by atoms with Crippen molar-refractivity contribution in [2.24, 2.45) is 0 Å². The lowest BCUT2D eigenvalue weighted by Gasteiger charge is -2.06. The molecule has 21 heavy (non-hydrogen) atoms. The lowest BCUT2D eigenvalue weighted by atomic mass is 10.1. The van der Waals surface area contributed by atoms with Gasteiger partial charge in [0.1, 0.15) is 11.5 Å². The van der Waals surface area contributed by atoms with Crippen LogP contribution in [0.15, 0.2) is 54.6 Å². The second kappa shape index (κ2) is 5.62. The molecule has 4 heteroatoms. The fourth-order valence-electron chi connectivity index (χ4n) is 2.17. The minimum Gasteiger partial charge on any atom is -0.292 e. The predicted molar refractivity (Wildman–Crippen MR) is 81.2 cm³/mol. The van der Waals surface area contributed by atoms with Gasteiger partial charge in [-0.3, -0.25) is 4.79 Å². The number of hydrogen-bond donors (Lipinski definition) is 0. The molecule has 0 unspecified atom stereocenters. The quantitative estimate of drug-likeness (QED) is 0.669. The van der Waals surface area contributed by atoms with Crippen LogP contribution in [0.4, 0.5) is 4.39 Å². The molecule has 0 N–H and O–H groups in total. The third-order valence-electron chi connectivity index (χ3n) is 3.28. The normalized spacial score (nSPS) is 10.8. The van der Waals surface area contributed by atoms with Gasteiger partial charge in [0.05, 0.1) is 5.52 Å². The second-order valence-electron chi connectivity index (χ2n) is 4.69. The summed E-state index contributed by atoms with van der Waals surface area (Å²) in [5.41, 5.74) is 1.26. The summed E-state index contributed by atoms with van der Waals surface area (Å²) in [5.74, 6) is -0.732. The Balaban J connectivity index is 1.94. The third-order valence-corrected chi connectivity index (χ3v) is 3.64. The number of carbonyl (C=O) groups is 1. The van der Waals surface area contributed by atoms with Crippen molar-refractivity contribution in [3.63, 3.8) is 0 Å². The van der Waals surface area contributed by atoms with Gasteiger partial charge in [-0.05, 0) is 24.3 Å². The van der Waals surface area contributed by atoms with Crippen LogP contribution < -0.4 is 0 Å². The van der Waals surface area contributed by atoms with Crippen LogP contribution in [-0.2, 0) is 6.42 Å². The Kier molecular flexibility index (Phi) is 3.67. The molecule has 3 aromatic rings. The van der Waals surface area contributed by atoms with Crippen molar-refractivity contribution >= 4 is 28.3 Å². The molecule has 0 amide bonds. The Hall–Kier alpha value is -2.26. The number of rotatable bonds is 3. The number of hydrogen-bond acceptors (Lipinski definition) is 2. The zero-order chi connectivity index (χ0) is 14.8. The van der Waals surface area contributed by atoms with E-state index in [1.54, 1.807) is 12.1 Å². The van der Waals surface area contributed by atoms with Gasteiger partial charge in [0, 0.05) is 22.4 Å². The van der Waals surface area contributed by atoms with Crippen molar-refractivity contribution in [1.29, 1.82) is 0 Å². The highest BCUT2D eigenvalue weighted by Crippen LogP contribution is 2.21. The number of carbonyl (C=O) groups excluding carboxylic acids is 1. The molecular formula is C17H11ClFNO. The van der Waals surface area contributed by atoms with Crippen molar-refractivity contribution in [2.75, 3.05) is 0 Å². The largest absolute Gasteiger partial charge is 0.292 e. The van der Waals surface area contributed by atoms with Gasteiger partial charge in [-0.2, -0.15) is 0 Å². The van der Waals surface area contributed by atoms with Crippen LogP contribution in [0.3, 0.4) is 0 Å². The SMILES string of the molecule is O=C(Cc1c(F)cccc1Cl)c1ccc2ccccc2n1. The summed E-state index contributed by atoms with van der Waals surface area (Å²) < 4.78 is 13.7. The van der Waals surface area contributed by atoms with Gasteiger partial charge < -0.3 is 0 Å². The number of para-hydroxylation sites is 1. The Morgan fingerprint density at radius 3 is 2.67 bits per heavy atom. The van der Waals surface area contributed by atoms with Crippen LogP contribution in [0.5, 0.6) is 0 Å². The van der Waals surface area contributed by atoms with Gasteiger partial charge in [0.2, 0.25) is 0 Å². The Morgan fingerprint density at radius 1 is 1.05 bits per heavy atom. The fourth-order valence-corrected chi connectivity index (χ4v) is 2.40. The van der Waals surface area contributed by atoms with Crippen molar-refractivity contribution < 1.29 is 9.18 Å². The van der Waals surface area contributed by atoms with Crippen LogP contribution in [0, 0.1) is 5.82 Å². The van der Waals surface area contributed by atoms with Gasteiger partial charge in [0.15, 0.2) is 5.78 Å². The number of pyridine rings is 1. The molecule has 0 saturated carbocycles. The summed E-state index contributed by atoms with van der Waals surface area (Å²) in [6.45, 7) is 0. The van der Waals surface area contributed by atoms with Gasteiger partial charge in [0.25, 0.3) is 0 Å². The average molecular weight is 300 g/mol. The summed E-state index contributed by atoms with van der Waals surface area (Å²) in [6.07, 6.45) is -0.100. The first-order valence-electron chi connectivity index (χ1n) is 6.47. The molecule has 3 rings (SSSR count). The van der Waals surface area contributed by atoms with Gasteiger partial charge in [-0.1, -0.05) is 41.9 Å². The molecule has 0 spiro atoms. The molecule has 2 aromatic carbocycles. The van der Waals surface area contributed by atoms with Crippen molar-refractivity contribution in [2.45, 2.75) is 6.42 Å². The highest BCUT2D eigenvalue weighted by atomic mass is 35.5. The molecule has 0 radical (unpaired) electrons. The second-order valence-corrected chi connectivity index (χ2v) is 5.10. The summed E-state index contributed by atoms with van der Waals surface area (Å²) >= 11 is 5.94. The van der Waals surface area contributed by atoms with E-state index in [1.807, 2.05) is 30.3 Å². The van der Waals surface area contributed by atoms with Gasteiger partial charge in [-0.15, -0.1) is 0 Å². The van der Waals surface area contributed by atoms with E-state index in [0.717, 1.165) is 10.9 Å². The highest BCUT2D eigenvalue weighted by Gasteiger charge is 2.14. The first-order chi connectivity index (χ1) is 10.1. The minimum atomic E-state index is -0.475. The van der Waals surface area contributed by atoms with E-state index >= 15 is 0 Å². The molecule has 104 valence electrons. The van der Waals surface area contributed by atoms with Gasteiger partial charge >= 0.3 is 0 Å². The molecule has 2 nitrogen and oxygen atoms in total. The minimum absolute atomic E-state index is 0.100. The van der Waals surface area contributed by atoms with E-state index in [9.17, 15) is 9.18 Å². The number of Topliss-reactive ketones (excluding diaryl/α,β-unsaturated/α-hetero) is 1. The summed E-state index contributed by atoms with van der Waals surface area (Å²) in [4.78, 5) is 16.6. The van der Waals surface area contributed by atoms with Crippen LogP contribution in [0.1, 0.15) is 16.1 Å². The van der Waals surface area contributed by atoms with Crippen LogP contribution in [0.25, 0.3) is 10.9 Å². The highest BCUT2D eigenvalue weighted by molar-refractivity contribution is 6.31. The summed E-state index contributed by atoms with van der Waals surface area (Å²) in [6, 6.07) is 15.4. The molecule has 1 heterocycles. The Morgan fingerprint density at radius 2 is 1.86 bits per heavy atom. The smallest absolute Gasteiger partial charge is 0.185 e. The van der Waals surface area contributed by atoms with E-state index in [0.29, 0.717) is 5.69 Å². The van der Waals surface area contributed by atoms with E-state index in [4.69, 9.17) is 11.6 Å². The van der Waals surface area contributed by atoms with Crippen LogP contribution >= 0.6 is 11.6 Å². The number of aromatic nitrogens is 1. The van der Waals surface area contributed by atoms with E-state index in [-0.39, 0.29) is 22.8 Å². The van der Waals surface area contributed by atoms with Crippen molar-refractivity contribution in [1.82, 2.24) is 4.98 Å². The van der Waals surface area contributed by atoms with E-state index in [2.05, 4.69) is 4.98 Å². The lowest BCUT2D eigenvalue weighted by Crippen LogP contribution is -2.08. The molecule has 0 bridgehead atoms. The maximum atomic E-state index is 13.7. The molecule has 0 saturated heterocycles.